The van der Waals surface area contributed by atoms with Gasteiger partial charge in [0.25, 0.3) is 0 Å². The minimum atomic E-state index is 0.685. The highest BCUT2D eigenvalue weighted by Gasteiger charge is 1.97. The van der Waals surface area contributed by atoms with Crippen molar-refractivity contribution in [3.63, 3.8) is 0 Å². The second-order valence-electron chi connectivity index (χ2n) is 3.00. The normalized spacial score (nSPS) is 9.92. The van der Waals surface area contributed by atoms with E-state index in [9.17, 15) is 4.79 Å². The molecule has 0 saturated carbocycles. The summed E-state index contributed by atoms with van der Waals surface area (Å²) in [5, 5.41) is 0. The monoisotopic (exact) mass is 240 g/mol. The predicted octanol–water partition coefficient (Wildman–Crippen LogP) is 3.36. The molecule has 70 valence electrons. The quantitative estimate of drug-likeness (QED) is 0.570. The lowest BCUT2D eigenvalue weighted by Gasteiger charge is -2.02. The van der Waals surface area contributed by atoms with Gasteiger partial charge in [-0.25, -0.2) is 0 Å². The average Bonchev–Trinajstić information content (AvgIpc) is 2.15. The number of carbonyl (C=O) groups excluding carboxylic acids is 1. The molecule has 0 saturated heterocycles. The summed E-state index contributed by atoms with van der Waals surface area (Å²) in [5.74, 6) is 0. The highest BCUT2D eigenvalue weighted by atomic mass is 79.9. The fourth-order valence-electron chi connectivity index (χ4n) is 1.24. The van der Waals surface area contributed by atoms with Crippen LogP contribution in [0.2, 0.25) is 0 Å². The zero-order valence-electron chi connectivity index (χ0n) is 7.50. The zero-order chi connectivity index (χ0) is 9.52. The van der Waals surface area contributed by atoms with Crippen molar-refractivity contribution in [2.45, 2.75) is 25.7 Å². The van der Waals surface area contributed by atoms with Crippen LogP contribution in [0.5, 0.6) is 0 Å². The predicted molar refractivity (Wildman–Crippen MR) is 57.8 cm³/mol. The molecule has 0 atom stereocenters. The molecule has 0 bridgehead atoms. The molecule has 1 rings (SSSR count). The van der Waals surface area contributed by atoms with Crippen LogP contribution in [0, 0.1) is 0 Å². The van der Waals surface area contributed by atoms with Crippen LogP contribution in [-0.4, -0.2) is 6.29 Å². The molecule has 0 aliphatic carbocycles. The molecule has 0 aromatic heterocycles. The highest BCUT2D eigenvalue weighted by Crippen LogP contribution is 2.17. The van der Waals surface area contributed by atoms with Crippen LogP contribution >= 0.6 is 15.9 Å². The molecule has 0 radical (unpaired) electrons. The molecule has 1 aromatic rings. The lowest BCUT2D eigenvalue weighted by atomic mass is 10.1. The molecule has 0 N–H and O–H groups in total. The van der Waals surface area contributed by atoms with E-state index in [-0.39, 0.29) is 0 Å². The maximum atomic E-state index is 10.1. The lowest BCUT2D eigenvalue weighted by molar-refractivity contribution is -0.107. The minimum absolute atomic E-state index is 0.685. The summed E-state index contributed by atoms with van der Waals surface area (Å²) in [7, 11) is 0. The van der Waals surface area contributed by atoms with Crippen molar-refractivity contribution in [2.24, 2.45) is 0 Å². The Bertz CT molecular complexity index is 271. The first-order valence-corrected chi connectivity index (χ1v) is 5.31. The Morgan fingerprint density at radius 2 is 2.00 bits per heavy atom. The summed E-state index contributed by atoms with van der Waals surface area (Å²) in [5.41, 5.74) is 1.33. The molecule has 0 heterocycles. The van der Waals surface area contributed by atoms with Gasteiger partial charge < -0.3 is 4.79 Å². The maximum absolute atomic E-state index is 10.1. The number of aldehydes is 1. The average molecular weight is 241 g/mol. The number of carbonyl (C=O) groups is 1. The Balaban J connectivity index is 2.36. The first kappa shape index (κ1) is 10.5. The van der Waals surface area contributed by atoms with Crippen molar-refractivity contribution in [1.29, 1.82) is 0 Å². The van der Waals surface area contributed by atoms with E-state index in [2.05, 4.69) is 28.1 Å². The number of unbranched alkanes of at least 4 members (excludes halogenated alkanes) is 2. The molecule has 13 heavy (non-hydrogen) atoms. The summed E-state index contributed by atoms with van der Waals surface area (Å²) in [4.78, 5) is 10.1. The van der Waals surface area contributed by atoms with E-state index in [1.807, 2.05) is 12.1 Å². The first-order chi connectivity index (χ1) is 6.34. The molecule has 1 aromatic carbocycles. The molecule has 0 spiro atoms. The van der Waals surface area contributed by atoms with Gasteiger partial charge in [-0.05, 0) is 30.9 Å². The summed E-state index contributed by atoms with van der Waals surface area (Å²) in [6.07, 6.45) is 4.80. The topological polar surface area (TPSA) is 17.1 Å². The third kappa shape index (κ3) is 3.73. The van der Waals surface area contributed by atoms with Crippen LogP contribution in [0.25, 0.3) is 0 Å². The minimum Gasteiger partial charge on any atom is -0.303 e. The molecule has 0 unspecified atom stereocenters. The molecular weight excluding hydrogens is 228 g/mol. The van der Waals surface area contributed by atoms with Gasteiger partial charge in [-0.2, -0.15) is 0 Å². The maximum Gasteiger partial charge on any atom is 0.119 e. The van der Waals surface area contributed by atoms with Crippen molar-refractivity contribution in [2.75, 3.05) is 0 Å². The van der Waals surface area contributed by atoms with Gasteiger partial charge in [-0.3, -0.25) is 0 Å². The number of hydrogen-bond donors (Lipinski definition) is 0. The van der Waals surface area contributed by atoms with Crippen LogP contribution in [0.15, 0.2) is 28.7 Å². The molecule has 0 aliphatic heterocycles. The third-order valence-electron chi connectivity index (χ3n) is 1.98. The largest absolute Gasteiger partial charge is 0.303 e. The Morgan fingerprint density at radius 3 is 2.69 bits per heavy atom. The van der Waals surface area contributed by atoms with Crippen molar-refractivity contribution in [3.8, 4) is 0 Å². The van der Waals surface area contributed by atoms with Gasteiger partial charge in [-0.15, -0.1) is 0 Å². The number of rotatable bonds is 5. The van der Waals surface area contributed by atoms with Crippen LogP contribution in [0.4, 0.5) is 0 Å². The number of benzene rings is 1. The van der Waals surface area contributed by atoms with Crippen LogP contribution in [0.3, 0.4) is 0 Å². The van der Waals surface area contributed by atoms with Crippen molar-refractivity contribution in [3.05, 3.63) is 34.3 Å². The lowest BCUT2D eigenvalue weighted by Crippen LogP contribution is -1.87. The second kappa shape index (κ2) is 5.92. The summed E-state index contributed by atoms with van der Waals surface area (Å²) in [6, 6.07) is 8.22. The van der Waals surface area contributed by atoms with Gasteiger partial charge in [-0.1, -0.05) is 34.1 Å². The fraction of sp³-hybridized carbons (Fsp3) is 0.364. The fourth-order valence-corrected chi connectivity index (χ4v) is 1.73. The second-order valence-corrected chi connectivity index (χ2v) is 3.86. The zero-order valence-corrected chi connectivity index (χ0v) is 9.09. The third-order valence-corrected chi connectivity index (χ3v) is 2.75. The van der Waals surface area contributed by atoms with E-state index in [4.69, 9.17) is 0 Å². The first-order valence-electron chi connectivity index (χ1n) is 4.51. The van der Waals surface area contributed by atoms with Crippen LogP contribution in [0.1, 0.15) is 24.8 Å². The summed E-state index contributed by atoms with van der Waals surface area (Å²) in [6.45, 7) is 0. The molecule has 0 fully saturated rings. The Kier molecular flexibility index (Phi) is 4.76. The van der Waals surface area contributed by atoms with Gasteiger partial charge >= 0.3 is 0 Å². The molecule has 0 amide bonds. The number of aryl methyl sites for hydroxylation is 1. The number of hydrogen-bond acceptors (Lipinski definition) is 1. The van der Waals surface area contributed by atoms with Gasteiger partial charge in [0.15, 0.2) is 0 Å². The van der Waals surface area contributed by atoms with E-state index in [1.165, 1.54) is 10.0 Å². The van der Waals surface area contributed by atoms with Crippen molar-refractivity contribution < 1.29 is 4.79 Å². The molecule has 1 nitrogen and oxygen atoms in total. The molecule has 0 aliphatic rings. The smallest absolute Gasteiger partial charge is 0.119 e. The number of halogens is 1. The molecule has 2 heteroatoms. The molecular formula is C11H13BrO. The Morgan fingerprint density at radius 1 is 1.23 bits per heavy atom. The van der Waals surface area contributed by atoms with E-state index in [0.29, 0.717) is 6.42 Å². The van der Waals surface area contributed by atoms with Crippen LogP contribution in [-0.2, 0) is 11.2 Å². The van der Waals surface area contributed by atoms with Gasteiger partial charge in [0, 0.05) is 10.9 Å². The van der Waals surface area contributed by atoms with E-state index in [0.717, 1.165) is 25.5 Å². The Labute approximate surface area is 87.3 Å². The SMILES string of the molecule is O=CCCCCc1ccccc1Br. The Hall–Kier alpha value is -0.630. The van der Waals surface area contributed by atoms with Crippen LogP contribution < -0.4 is 0 Å². The van der Waals surface area contributed by atoms with Gasteiger partial charge in [0.2, 0.25) is 0 Å². The van der Waals surface area contributed by atoms with Gasteiger partial charge in [0.1, 0.15) is 6.29 Å². The van der Waals surface area contributed by atoms with E-state index >= 15 is 0 Å². The van der Waals surface area contributed by atoms with E-state index < -0.39 is 0 Å². The van der Waals surface area contributed by atoms with E-state index in [1.54, 1.807) is 0 Å². The highest BCUT2D eigenvalue weighted by molar-refractivity contribution is 9.10. The summed E-state index contributed by atoms with van der Waals surface area (Å²) < 4.78 is 1.17. The van der Waals surface area contributed by atoms with Crippen molar-refractivity contribution in [1.82, 2.24) is 0 Å². The van der Waals surface area contributed by atoms with Gasteiger partial charge in [0.05, 0.1) is 0 Å². The summed E-state index contributed by atoms with van der Waals surface area (Å²) >= 11 is 3.50. The van der Waals surface area contributed by atoms with Crippen molar-refractivity contribution >= 4 is 22.2 Å². The standard InChI is InChI=1S/C11H13BrO/c12-11-8-4-3-7-10(11)6-2-1-5-9-13/h3-4,7-9H,1-2,5-6H2.